The summed E-state index contributed by atoms with van der Waals surface area (Å²) in [4.78, 5) is 11.0. The maximum atomic E-state index is 11.0. The monoisotopic (exact) mass is 192 g/mol. The third-order valence-corrected chi connectivity index (χ3v) is 2.01. The topological polar surface area (TPSA) is 26.3 Å². The van der Waals surface area contributed by atoms with E-state index < -0.39 is 0 Å². The Bertz CT molecular complexity index is 280. The Morgan fingerprint density at radius 1 is 1.36 bits per heavy atom. The van der Waals surface area contributed by atoms with Gasteiger partial charge in [-0.2, -0.15) is 0 Å². The van der Waals surface area contributed by atoms with Gasteiger partial charge in [-0.1, -0.05) is 30.3 Å². The second-order valence-corrected chi connectivity index (χ2v) is 3.26. The molecule has 0 amide bonds. The van der Waals surface area contributed by atoms with Gasteiger partial charge in [0.1, 0.15) is 5.78 Å². The lowest BCUT2D eigenvalue weighted by Crippen LogP contribution is -2.08. The molecule has 0 radical (unpaired) electrons. The van der Waals surface area contributed by atoms with Gasteiger partial charge in [-0.25, -0.2) is 0 Å². The van der Waals surface area contributed by atoms with Crippen LogP contribution in [0.15, 0.2) is 30.3 Å². The fourth-order valence-corrected chi connectivity index (χ4v) is 1.40. The predicted molar refractivity (Wildman–Crippen MR) is 56.1 cm³/mol. The number of Topliss-reactive ketones (excluding diaryl/α,β-unsaturated/α-hetero) is 1. The van der Waals surface area contributed by atoms with Gasteiger partial charge in [0.05, 0.1) is 6.10 Å². The number of rotatable bonds is 5. The summed E-state index contributed by atoms with van der Waals surface area (Å²) in [7, 11) is 0. The lowest BCUT2D eigenvalue weighted by molar-refractivity contribution is -0.119. The Morgan fingerprint density at radius 2 is 2.00 bits per heavy atom. The van der Waals surface area contributed by atoms with E-state index in [4.69, 9.17) is 4.74 Å². The molecule has 0 spiro atoms. The zero-order chi connectivity index (χ0) is 10.4. The van der Waals surface area contributed by atoms with Crippen molar-refractivity contribution in [3.05, 3.63) is 35.9 Å². The fourth-order valence-electron chi connectivity index (χ4n) is 1.40. The highest BCUT2D eigenvalue weighted by molar-refractivity contribution is 5.76. The quantitative estimate of drug-likeness (QED) is 0.717. The minimum absolute atomic E-state index is 0.0845. The Labute approximate surface area is 84.9 Å². The molecule has 0 aliphatic carbocycles. The van der Waals surface area contributed by atoms with Crippen LogP contribution in [0.3, 0.4) is 0 Å². The van der Waals surface area contributed by atoms with E-state index in [1.54, 1.807) is 6.92 Å². The second kappa shape index (κ2) is 5.55. The molecule has 0 aliphatic rings. The summed E-state index contributed by atoms with van der Waals surface area (Å²) in [6, 6.07) is 9.86. The smallest absolute Gasteiger partial charge is 0.132 e. The summed E-state index contributed by atoms with van der Waals surface area (Å²) >= 11 is 0. The van der Waals surface area contributed by atoms with Crippen molar-refractivity contribution < 1.29 is 9.53 Å². The molecular formula is C12H16O2. The van der Waals surface area contributed by atoms with E-state index in [-0.39, 0.29) is 11.9 Å². The van der Waals surface area contributed by atoms with Crippen molar-refractivity contribution in [2.75, 3.05) is 6.61 Å². The van der Waals surface area contributed by atoms with Crippen LogP contribution in [0.2, 0.25) is 0 Å². The van der Waals surface area contributed by atoms with Crippen LogP contribution in [0.4, 0.5) is 0 Å². The Kier molecular flexibility index (Phi) is 4.33. The van der Waals surface area contributed by atoms with E-state index in [9.17, 15) is 4.79 Å². The van der Waals surface area contributed by atoms with Crippen molar-refractivity contribution in [2.24, 2.45) is 0 Å². The lowest BCUT2D eigenvalue weighted by Gasteiger charge is -2.15. The SMILES string of the molecule is CCO[C@H](CC(C)=O)c1ccccc1. The van der Waals surface area contributed by atoms with E-state index in [1.165, 1.54) is 0 Å². The number of ether oxygens (including phenoxy) is 1. The number of hydrogen-bond acceptors (Lipinski definition) is 2. The zero-order valence-corrected chi connectivity index (χ0v) is 8.69. The fraction of sp³-hybridized carbons (Fsp3) is 0.417. The van der Waals surface area contributed by atoms with Crippen molar-refractivity contribution in [3.63, 3.8) is 0 Å². The van der Waals surface area contributed by atoms with Gasteiger partial charge in [-0.3, -0.25) is 4.79 Å². The Balaban J connectivity index is 2.72. The van der Waals surface area contributed by atoms with Crippen LogP contribution >= 0.6 is 0 Å². The van der Waals surface area contributed by atoms with E-state index in [0.717, 1.165) is 5.56 Å². The predicted octanol–water partition coefficient (Wildman–Crippen LogP) is 2.74. The van der Waals surface area contributed by atoms with Gasteiger partial charge in [0.25, 0.3) is 0 Å². The van der Waals surface area contributed by atoms with E-state index in [0.29, 0.717) is 13.0 Å². The van der Waals surface area contributed by atoms with Crippen molar-refractivity contribution in [1.82, 2.24) is 0 Å². The maximum Gasteiger partial charge on any atom is 0.132 e. The number of ketones is 1. The third kappa shape index (κ3) is 3.30. The molecule has 2 heteroatoms. The molecule has 0 heterocycles. The third-order valence-electron chi connectivity index (χ3n) is 2.01. The van der Waals surface area contributed by atoms with Crippen molar-refractivity contribution in [2.45, 2.75) is 26.4 Å². The van der Waals surface area contributed by atoms with Crippen LogP contribution in [-0.2, 0) is 9.53 Å². The highest BCUT2D eigenvalue weighted by Crippen LogP contribution is 2.20. The molecule has 0 bridgehead atoms. The summed E-state index contributed by atoms with van der Waals surface area (Å²) in [6.07, 6.45) is 0.372. The standard InChI is InChI=1S/C12H16O2/c1-3-14-12(9-10(2)13)11-7-5-4-6-8-11/h4-8,12H,3,9H2,1-2H3/t12-/m1/s1. The summed E-state index contributed by atoms with van der Waals surface area (Å²) in [5, 5.41) is 0. The van der Waals surface area contributed by atoms with Crippen LogP contribution in [0.1, 0.15) is 31.9 Å². The average Bonchev–Trinajstić information content (AvgIpc) is 2.18. The van der Waals surface area contributed by atoms with Gasteiger partial charge in [-0.15, -0.1) is 0 Å². The summed E-state index contributed by atoms with van der Waals surface area (Å²) in [6.45, 7) is 4.16. The van der Waals surface area contributed by atoms with E-state index in [2.05, 4.69) is 0 Å². The highest BCUT2D eigenvalue weighted by Gasteiger charge is 2.12. The molecule has 1 atom stereocenters. The number of hydrogen-bond donors (Lipinski definition) is 0. The number of carbonyl (C=O) groups excluding carboxylic acids is 1. The molecule has 0 aromatic heterocycles. The molecule has 0 N–H and O–H groups in total. The van der Waals surface area contributed by atoms with Crippen LogP contribution in [0, 0.1) is 0 Å². The Hall–Kier alpha value is -1.15. The van der Waals surface area contributed by atoms with Crippen molar-refractivity contribution >= 4 is 5.78 Å². The van der Waals surface area contributed by atoms with Gasteiger partial charge in [0.2, 0.25) is 0 Å². The first-order chi connectivity index (χ1) is 6.74. The van der Waals surface area contributed by atoms with Gasteiger partial charge in [-0.05, 0) is 19.4 Å². The molecule has 1 aromatic rings. The van der Waals surface area contributed by atoms with Crippen molar-refractivity contribution in [1.29, 1.82) is 0 Å². The second-order valence-electron chi connectivity index (χ2n) is 3.26. The molecule has 2 nitrogen and oxygen atoms in total. The molecule has 1 aromatic carbocycles. The largest absolute Gasteiger partial charge is 0.373 e. The van der Waals surface area contributed by atoms with Gasteiger partial charge in [0.15, 0.2) is 0 Å². The lowest BCUT2D eigenvalue weighted by atomic mass is 10.0. The first-order valence-corrected chi connectivity index (χ1v) is 4.90. The molecule has 1 rings (SSSR count). The number of carbonyl (C=O) groups is 1. The minimum atomic E-state index is -0.0845. The van der Waals surface area contributed by atoms with Crippen molar-refractivity contribution in [3.8, 4) is 0 Å². The average molecular weight is 192 g/mol. The molecule has 0 fully saturated rings. The molecular weight excluding hydrogens is 176 g/mol. The maximum absolute atomic E-state index is 11.0. The van der Waals surface area contributed by atoms with Crippen LogP contribution in [-0.4, -0.2) is 12.4 Å². The first-order valence-electron chi connectivity index (χ1n) is 4.90. The first kappa shape index (κ1) is 10.9. The Morgan fingerprint density at radius 3 is 2.50 bits per heavy atom. The van der Waals surface area contributed by atoms with Crippen LogP contribution < -0.4 is 0 Å². The molecule has 76 valence electrons. The normalized spacial score (nSPS) is 12.4. The van der Waals surface area contributed by atoms with Crippen LogP contribution in [0.5, 0.6) is 0 Å². The summed E-state index contributed by atoms with van der Waals surface area (Å²) in [5.74, 6) is 0.160. The van der Waals surface area contributed by atoms with Gasteiger partial charge < -0.3 is 4.74 Å². The zero-order valence-electron chi connectivity index (χ0n) is 8.69. The van der Waals surface area contributed by atoms with Crippen LogP contribution in [0.25, 0.3) is 0 Å². The molecule has 0 aliphatic heterocycles. The summed E-state index contributed by atoms with van der Waals surface area (Å²) in [5.41, 5.74) is 1.07. The summed E-state index contributed by atoms with van der Waals surface area (Å²) < 4.78 is 5.52. The molecule has 14 heavy (non-hydrogen) atoms. The minimum Gasteiger partial charge on any atom is -0.373 e. The van der Waals surface area contributed by atoms with E-state index in [1.807, 2.05) is 37.3 Å². The molecule has 0 unspecified atom stereocenters. The molecule has 0 saturated carbocycles. The highest BCUT2D eigenvalue weighted by atomic mass is 16.5. The van der Waals surface area contributed by atoms with Gasteiger partial charge >= 0.3 is 0 Å². The number of benzene rings is 1. The van der Waals surface area contributed by atoms with E-state index >= 15 is 0 Å². The van der Waals surface area contributed by atoms with Gasteiger partial charge in [0, 0.05) is 13.0 Å². The molecule has 0 saturated heterocycles.